The van der Waals surface area contributed by atoms with Crippen molar-refractivity contribution < 1.29 is 0 Å². The van der Waals surface area contributed by atoms with Gasteiger partial charge in [-0.3, -0.25) is 4.68 Å². The first kappa shape index (κ1) is 12.9. The Labute approximate surface area is 120 Å². The summed E-state index contributed by atoms with van der Waals surface area (Å²) in [5, 5.41) is 6.00. The van der Waals surface area contributed by atoms with E-state index in [0.717, 1.165) is 12.1 Å². The molecule has 2 nitrogen and oxygen atoms in total. The van der Waals surface area contributed by atoms with Gasteiger partial charge in [-0.2, -0.15) is 5.10 Å². The lowest BCUT2D eigenvalue weighted by molar-refractivity contribution is 0.366. The standard InChI is InChI=1S/C18H19N2/c1-4-18(3,15-10-6-5-7-11-15)20-17-13-9-8-12-16(17)14(2)19-20/h5-13H,1,4H2,2-3H3/t18-/m0/s1. The molecule has 0 saturated heterocycles. The second-order valence-electron chi connectivity index (χ2n) is 5.40. The summed E-state index contributed by atoms with van der Waals surface area (Å²) in [5.74, 6) is 0. The molecule has 0 unspecified atom stereocenters. The minimum atomic E-state index is -0.227. The SMILES string of the molecule is [CH2]C[C@@](C)(c1ccccc1)n1nc(C)c2ccccc21. The molecule has 3 rings (SSSR count). The molecule has 0 N–H and O–H groups in total. The highest BCUT2D eigenvalue weighted by Crippen LogP contribution is 2.33. The zero-order valence-corrected chi connectivity index (χ0v) is 12.0. The number of fused-ring (bicyclic) bond motifs is 1. The summed E-state index contributed by atoms with van der Waals surface area (Å²) >= 11 is 0. The fraction of sp³-hybridized carbons (Fsp3) is 0.222. The Morgan fingerprint density at radius 1 is 1.05 bits per heavy atom. The number of hydrogen-bond donors (Lipinski definition) is 0. The van der Waals surface area contributed by atoms with Crippen molar-refractivity contribution in [1.29, 1.82) is 0 Å². The number of hydrogen-bond acceptors (Lipinski definition) is 1. The average Bonchev–Trinajstić information content (AvgIpc) is 2.85. The van der Waals surface area contributed by atoms with Gasteiger partial charge in [-0.1, -0.05) is 55.5 Å². The van der Waals surface area contributed by atoms with Crippen LogP contribution in [0.3, 0.4) is 0 Å². The van der Waals surface area contributed by atoms with E-state index in [2.05, 4.69) is 74.0 Å². The first-order chi connectivity index (χ1) is 9.66. The largest absolute Gasteiger partial charge is 0.254 e. The van der Waals surface area contributed by atoms with Crippen molar-refractivity contribution in [2.45, 2.75) is 25.8 Å². The van der Waals surface area contributed by atoms with Crippen LogP contribution in [0.25, 0.3) is 10.9 Å². The molecule has 2 heteroatoms. The van der Waals surface area contributed by atoms with E-state index >= 15 is 0 Å². The molecule has 0 bridgehead atoms. The van der Waals surface area contributed by atoms with Crippen molar-refractivity contribution in [3.05, 3.63) is 72.8 Å². The Morgan fingerprint density at radius 2 is 1.70 bits per heavy atom. The number of benzene rings is 2. The molecule has 0 fully saturated rings. The molecule has 1 heterocycles. The second-order valence-corrected chi connectivity index (χ2v) is 5.40. The fourth-order valence-corrected chi connectivity index (χ4v) is 2.77. The second kappa shape index (κ2) is 4.78. The first-order valence-electron chi connectivity index (χ1n) is 6.96. The van der Waals surface area contributed by atoms with Gasteiger partial charge in [0.25, 0.3) is 0 Å². The highest BCUT2D eigenvalue weighted by molar-refractivity contribution is 5.82. The van der Waals surface area contributed by atoms with E-state index in [-0.39, 0.29) is 5.54 Å². The van der Waals surface area contributed by atoms with Crippen molar-refractivity contribution in [3.63, 3.8) is 0 Å². The van der Waals surface area contributed by atoms with E-state index in [1.807, 2.05) is 6.07 Å². The average molecular weight is 263 g/mol. The first-order valence-corrected chi connectivity index (χ1v) is 6.96. The van der Waals surface area contributed by atoms with E-state index < -0.39 is 0 Å². The molecule has 20 heavy (non-hydrogen) atoms. The van der Waals surface area contributed by atoms with Gasteiger partial charge in [0.15, 0.2) is 0 Å². The predicted molar refractivity (Wildman–Crippen MR) is 83.6 cm³/mol. The third-order valence-corrected chi connectivity index (χ3v) is 4.12. The van der Waals surface area contributed by atoms with Gasteiger partial charge in [0, 0.05) is 5.39 Å². The molecule has 1 aromatic heterocycles. The van der Waals surface area contributed by atoms with Gasteiger partial charge < -0.3 is 0 Å². The summed E-state index contributed by atoms with van der Waals surface area (Å²) in [7, 11) is 0. The maximum Gasteiger partial charge on any atom is 0.0855 e. The van der Waals surface area contributed by atoms with Crippen LogP contribution in [0.2, 0.25) is 0 Å². The van der Waals surface area contributed by atoms with Crippen LogP contribution in [0.15, 0.2) is 54.6 Å². The van der Waals surface area contributed by atoms with Crippen LogP contribution in [0.5, 0.6) is 0 Å². The molecule has 1 atom stereocenters. The third-order valence-electron chi connectivity index (χ3n) is 4.12. The van der Waals surface area contributed by atoms with Crippen molar-refractivity contribution in [3.8, 4) is 0 Å². The van der Waals surface area contributed by atoms with Crippen molar-refractivity contribution in [2.24, 2.45) is 0 Å². The Morgan fingerprint density at radius 3 is 2.40 bits per heavy atom. The number of para-hydroxylation sites is 1. The molecular weight excluding hydrogens is 244 g/mol. The molecule has 2 aromatic carbocycles. The lowest BCUT2D eigenvalue weighted by Crippen LogP contribution is -2.31. The zero-order chi connectivity index (χ0) is 14.2. The number of rotatable bonds is 3. The smallest absolute Gasteiger partial charge is 0.0855 e. The molecule has 101 valence electrons. The van der Waals surface area contributed by atoms with Gasteiger partial charge in [-0.15, -0.1) is 0 Å². The quantitative estimate of drug-likeness (QED) is 0.687. The maximum absolute atomic E-state index is 4.79. The Bertz CT molecular complexity index is 728. The monoisotopic (exact) mass is 263 g/mol. The summed E-state index contributed by atoms with van der Waals surface area (Å²) in [6.45, 7) is 8.43. The highest BCUT2D eigenvalue weighted by atomic mass is 15.3. The third kappa shape index (κ3) is 1.83. The Hall–Kier alpha value is -2.09. The minimum absolute atomic E-state index is 0.227. The van der Waals surface area contributed by atoms with Crippen LogP contribution in [-0.4, -0.2) is 9.78 Å². The molecule has 0 amide bonds. The van der Waals surface area contributed by atoms with Crippen LogP contribution >= 0.6 is 0 Å². The molecule has 3 aromatic rings. The van der Waals surface area contributed by atoms with Crippen LogP contribution in [-0.2, 0) is 5.54 Å². The zero-order valence-electron chi connectivity index (χ0n) is 12.0. The Kier molecular flexibility index (Phi) is 3.09. The normalized spacial score (nSPS) is 14.3. The van der Waals surface area contributed by atoms with Crippen molar-refractivity contribution in [2.75, 3.05) is 0 Å². The predicted octanol–water partition coefficient (Wildman–Crippen LogP) is 4.33. The van der Waals surface area contributed by atoms with Gasteiger partial charge >= 0.3 is 0 Å². The fourth-order valence-electron chi connectivity index (χ4n) is 2.77. The maximum atomic E-state index is 4.79. The van der Waals surface area contributed by atoms with E-state index in [4.69, 9.17) is 5.10 Å². The summed E-state index contributed by atoms with van der Waals surface area (Å²) < 4.78 is 2.12. The van der Waals surface area contributed by atoms with E-state index in [9.17, 15) is 0 Å². The van der Waals surface area contributed by atoms with Crippen LogP contribution < -0.4 is 0 Å². The molecule has 0 spiro atoms. The summed E-state index contributed by atoms with van der Waals surface area (Å²) in [4.78, 5) is 0. The van der Waals surface area contributed by atoms with Crippen LogP contribution in [0, 0.1) is 13.8 Å². The topological polar surface area (TPSA) is 17.8 Å². The lowest BCUT2D eigenvalue weighted by Gasteiger charge is -2.30. The number of nitrogens with zero attached hydrogens (tertiary/aromatic N) is 2. The molecular formula is C18H19N2. The lowest BCUT2D eigenvalue weighted by atomic mass is 9.89. The summed E-state index contributed by atoms with van der Waals surface area (Å²) in [6.07, 6.45) is 0.752. The van der Waals surface area contributed by atoms with Gasteiger partial charge in [-0.05, 0) is 31.9 Å². The van der Waals surface area contributed by atoms with Gasteiger partial charge in [0.1, 0.15) is 0 Å². The molecule has 0 saturated carbocycles. The Balaban J connectivity index is 2.27. The summed E-state index contributed by atoms with van der Waals surface area (Å²) in [6, 6.07) is 18.9. The van der Waals surface area contributed by atoms with Crippen molar-refractivity contribution >= 4 is 10.9 Å². The molecule has 0 aliphatic rings. The minimum Gasteiger partial charge on any atom is -0.254 e. The van der Waals surface area contributed by atoms with E-state index in [1.165, 1.54) is 16.5 Å². The van der Waals surface area contributed by atoms with E-state index in [0.29, 0.717) is 0 Å². The van der Waals surface area contributed by atoms with E-state index in [1.54, 1.807) is 0 Å². The van der Waals surface area contributed by atoms with Crippen molar-refractivity contribution in [1.82, 2.24) is 9.78 Å². The van der Waals surface area contributed by atoms with Gasteiger partial charge in [0.05, 0.1) is 16.7 Å². The highest BCUT2D eigenvalue weighted by Gasteiger charge is 2.29. The number of aryl methyl sites for hydroxylation is 1. The molecule has 0 aliphatic carbocycles. The van der Waals surface area contributed by atoms with Crippen LogP contribution in [0.4, 0.5) is 0 Å². The number of aromatic nitrogens is 2. The summed E-state index contributed by atoms with van der Waals surface area (Å²) in [5.41, 5.74) is 3.24. The van der Waals surface area contributed by atoms with Crippen LogP contribution in [0.1, 0.15) is 24.6 Å². The van der Waals surface area contributed by atoms with Gasteiger partial charge in [0.2, 0.25) is 0 Å². The molecule has 1 radical (unpaired) electrons. The molecule has 0 aliphatic heterocycles. The van der Waals surface area contributed by atoms with Gasteiger partial charge in [-0.25, -0.2) is 0 Å².